The maximum Gasteiger partial charge on any atom is 0.255 e. The van der Waals surface area contributed by atoms with Gasteiger partial charge in [0.1, 0.15) is 16.9 Å². The number of rotatable bonds is 7. The molecule has 0 saturated carbocycles. The summed E-state index contributed by atoms with van der Waals surface area (Å²) < 4.78 is 5.75. The van der Waals surface area contributed by atoms with Gasteiger partial charge in [0.2, 0.25) is 0 Å². The van der Waals surface area contributed by atoms with Crippen molar-refractivity contribution < 1.29 is 9.21 Å². The topological polar surface area (TPSA) is 33.5 Å². The van der Waals surface area contributed by atoms with Crippen LogP contribution in [0.15, 0.2) is 40.8 Å². The summed E-state index contributed by atoms with van der Waals surface area (Å²) in [7, 11) is 0. The van der Waals surface area contributed by atoms with Crippen LogP contribution in [0.25, 0.3) is 0 Å². The number of benzene rings is 1. The molecule has 3 nitrogen and oxygen atoms in total. The Morgan fingerprint density at radius 2 is 1.96 bits per heavy atom. The third-order valence-electron chi connectivity index (χ3n) is 4.68. The number of thioether (sulfide) groups is 1. The minimum absolute atomic E-state index is 0.00470. The van der Waals surface area contributed by atoms with Crippen LogP contribution in [0.2, 0.25) is 0 Å². The third kappa shape index (κ3) is 4.49. The minimum Gasteiger partial charge on any atom is -0.463 e. The number of aryl methyl sites for hydroxylation is 2. The molecule has 1 aliphatic heterocycles. The van der Waals surface area contributed by atoms with Gasteiger partial charge in [-0.1, -0.05) is 38.3 Å². The Hall–Kier alpha value is -1.68. The molecule has 1 unspecified atom stereocenters. The molecule has 2 heterocycles. The number of amides is 1. The van der Waals surface area contributed by atoms with Crippen LogP contribution < -0.4 is 0 Å². The van der Waals surface area contributed by atoms with Gasteiger partial charge < -0.3 is 9.32 Å². The highest BCUT2D eigenvalue weighted by atomic mass is 32.2. The monoisotopic (exact) mass is 357 g/mol. The second kappa shape index (κ2) is 8.61. The van der Waals surface area contributed by atoms with Crippen molar-refractivity contribution in [2.75, 3.05) is 12.3 Å². The summed E-state index contributed by atoms with van der Waals surface area (Å²) in [6.07, 6.45) is 6.17. The van der Waals surface area contributed by atoms with Crippen LogP contribution in [0, 0.1) is 6.92 Å². The lowest BCUT2D eigenvalue weighted by Crippen LogP contribution is -2.30. The van der Waals surface area contributed by atoms with E-state index in [1.165, 1.54) is 31.2 Å². The lowest BCUT2D eigenvalue weighted by Gasteiger charge is -2.22. The van der Waals surface area contributed by atoms with E-state index in [0.717, 1.165) is 35.8 Å². The smallest absolute Gasteiger partial charge is 0.255 e. The highest BCUT2D eigenvalue weighted by Crippen LogP contribution is 2.39. The van der Waals surface area contributed by atoms with Crippen LogP contribution in [0.3, 0.4) is 0 Å². The lowest BCUT2D eigenvalue weighted by atomic mass is 10.0. The van der Waals surface area contributed by atoms with Crippen molar-refractivity contribution in [2.24, 2.45) is 0 Å². The molecule has 0 aliphatic carbocycles. The first kappa shape index (κ1) is 18.1. The average molecular weight is 358 g/mol. The summed E-state index contributed by atoms with van der Waals surface area (Å²) in [5, 5.41) is -0.00470. The molecule has 2 aromatic rings. The van der Waals surface area contributed by atoms with Gasteiger partial charge in [0.25, 0.3) is 5.91 Å². The molecule has 0 bridgehead atoms. The van der Waals surface area contributed by atoms with E-state index in [1.807, 2.05) is 36.1 Å². The molecule has 25 heavy (non-hydrogen) atoms. The van der Waals surface area contributed by atoms with Gasteiger partial charge in [-0.05, 0) is 49.6 Å². The van der Waals surface area contributed by atoms with Gasteiger partial charge in [-0.25, -0.2) is 0 Å². The van der Waals surface area contributed by atoms with Gasteiger partial charge in [0.15, 0.2) is 0 Å². The Morgan fingerprint density at radius 1 is 1.16 bits per heavy atom. The Kier molecular flexibility index (Phi) is 6.24. The van der Waals surface area contributed by atoms with E-state index < -0.39 is 0 Å². The van der Waals surface area contributed by atoms with E-state index in [9.17, 15) is 4.79 Å². The van der Waals surface area contributed by atoms with Crippen LogP contribution in [0.4, 0.5) is 0 Å². The zero-order valence-electron chi connectivity index (χ0n) is 15.2. The highest BCUT2D eigenvalue weighted by molar-refractivity contribution is 7.99. The molecular formula is C21H27NO2S. The predicted molar refractivity (Wildman–Crippen MR) is 104 cm³/mol. The van der Waals surface area contributed by atoms with Gasteiger partial charge in [-0.3, -0.25) is 4.79 Å². The molecule has 0 spiro atoms. The molecule has 4 heteroatoms. The fraction of sp³-hybridized carbons (Fsp3) is 0.476. The molecule has 1 amide bonds. The van der Waals surface area contributed by atoms with Crippen molar-refractivity contribution >= 4 is 17.7 Å². The van der Waals surface area contributed by atoms with Crippen molar-refractivity contribution in [1.29, 1.82) is 0 Å². The first-order valence-electron chi connectivity index (χ1n) is 9.27. The summed E-state index contributed by atoms with van der Waals surface area (Å²) in [5.41, 5.74) is 2.09. The SMILES string of the molecule is CCCCCCc1ccc(C(=O)N2CCSC2c2ccc(C)o2)cc1. The fourth-order valence-electron chi connectivity index (χ4n) is 3.24. The molecule has 1 saturated heterocycles. The second-order valence-corrected chi connectivity index (χ2v) is 7.87. The van der Waals surface area contributed by atoms with Crippen molar-refractivity contribution in [3.63, 3.8) is 0 Å². The van der Waals surface area contributed by atoms with E-state index in [4.69, 9.17) is 4.42 Å². The van der Waals surface area contributed by atoms with Crippen LogP contribution in [0.1, 0.15) is 65.4 Å². The summed E-state index contributed by atoms with van der Waals surface area (Å²) >= 11 is 1.77. The Labute approximate surface area is 154 Å². The Morgan fingerprint density at radius 3 is 2.64 bits per heavy atom. The molecule has 3 rings (SSSR count). The van der Waals surface area contributed by atoms with E-state index in [2.05, 4.69) is 19.1 Å². The maximum atomic E-state index is 12.9. The number of carbonyl (C=O) groups is 1. The van der Waals surface area contributed by atoms with Gasteiger partial charge in [-0.2, -0.15) is 0 Å². The van der Waals surface area contributed by atoms with Crippen LogP contribution >= 0.6 is 11.8 Å². The number of unbranched alkanes of at least 4 members (excludes halogenated alkanes) is 3. The number of hydrogen-bond donors (Lipinski definition) is 0. The highest BCUT2D eigenvalue weighted by Gasteiger charge is 2.33. The molecule has 1 aliphatic rings. The normalized spacial score (nSPS) is 17.2. The van der Waals surface area contributed by atoms with E-state index >= 15 is 0 Å². The van der Waals surface area contributed by atoms with Crippen molar-refractivity contribution in [2.45, 2.75) is 51.3 Å². The van der Waals surface area contributed by atoms with Crippen molar-refractivity contribution in [1.82, 2.24) is 4.90 Å². The second-order valence-electron chi connectivity index (χ2n) is 6.68. The molecule has 134 valence electrons. The fourth-order valence-corrected chi connectivity index (χ4v) is 4.43. The zero-order valence-corrected chi connectivity index (χ0v) is 16.0. The summed E-state index contributed by atoms with van der Waals surface area (Å²) in [5.74, 6) is 2.82. The van der Waals surface area contributed by atoms with Crippen molar-refractivity contribution in [3.8, 4) is 0 Å². The first-order valence-corrected chi connectivity index (χ1v) is 10.3. The van der Waals surface area contributed by atoms with E-state index in [1.54, 1.807) is 11.8 Å². The molecule has 1 aromatic carbocycles. The number of carbonyl (C=O) groups excluding carboxylic acids is 1. The summed E-state index contributed by atoms with van der Waals surface area (Å²) in [6, 6.07) is 12.1. The van der Waals surface area contributed by atoms with Crippen LogP contribution in [-0.2, 0) is 6.42 Å². The van der Waals surface area contributed by atoms with Gasteiger partial charge in [-0.15, -0.1) is 11.8 Å². The maximum absolute atomic E-state index is 12.9. The number of nitrogens with zero attached hydrogens (tertiary/aromatic N) is 1. The van der Waals surface area contributed by atoms with Gasteiger partial charge >= 0.3 is 0 Å². The Bertz CT molecular complexity index is 692. The number of furan rings is 1. The first-order chi connectivity index (χ1) is 12.2. The molecule has 0 N–H and O–H groups in total. The third-order valence-corrected chi connectivity index (χ3v) is 5.90. The molecule has 1 atom stereocenters. The van der Waals surface area contributed by atoms with Gasteiger partial charge in [0.05, 0.1) is 0 Å². The van der Waals surface area contributed by atoms with E-state index in [0.29, 0.717) is 0 Å². The van der Waals surface area contributed by atoms with Crippen LogP contribution in [-0.4, -0.2) is 23.1 Å². The lowest BCUT2D eigenvalue weighted by molar-refractivity contribution is 0.0749. The van der Waals surface area contributed by atoms with E-state index in [-0.39, 0.29) is 11.3 Å². The largest absolute Gasteiger partial charge is 0.463 e. The van der Waals surface area contributed by atoms with Gasteiger partial charge in [0, 0.05) is 17.9 Å². The zero-order chi connectivity index (χ0) is 17.6. The molecule has 0 radical (unpaired) electrons. The van der Waals surface area contributed by atoms with Crippen LogP contribution in [0.5, 0.6) is 0 Å². The number of hydrogen-bond acceptors (Lipinski definition) is 3. The predicted octanol–water partition coefficient (Wildman–Crippen LogP) is 5.60. The molecule has 1 fully saturated rings. The minimum atomic E-state index is -0.00470. The Balaban J connectivity index is 1.63. The molecule has 1 aromatic heterocycles. The average Bonchev–Trinajstić information content (AvgIpc) is 3.27. The standard InChI is InChI=1S/C21H27NO2S/c1-3-4-5-6-7-17-9-11-18(12-10-17)20(23)22-14-15-25-21(22)19-13-8-16(2)24-19/h8-13,21H,3-7,14-15H2,1-2H3. The quantitative estimate of drug-likeness (QED) is 0.605. The molecular weight excluding hydrogens is 330 g/mol. The van der Waals surface area contributed by atoms with Crippen molar-refractivity contribution in [3.05, 3.63) is 59.0 Å². The summed E-state index contributed by atoms with van der Waals surface area (Å²) in [6.45, 7) is 4.94. The summed E-state index contributed by atoms with van der Waals surface area (Å²) in [4.78, 5) is 14.8.